The second-order valence-corrected chi connectivity index (χ2v) is 2.71. The van der Waals surface area contributed by atoms with Gasteiger partial charge in [0.25, 0.3) is 5.91 Å². The van der Waals surface area contributed by atoms with Crippen molar-refractivity contribution < 1.29 is 14.3 Å². The van der Waals surface area contributed by atoms with Crippen LogP contribution >= 0.6 is 0 Å². The van der Waals surface area contributed by atoms with Gasteiger partial charge < -0.3 is 15.8 Å². The highest BCUT2D eigenvalue weighted by Crippen LogP contribution is 2.12. The lowest BCUT2D eigenvalue weighted by Crippen LogP contribution is -2.33. The second kappa shape index (κ2) is 4.94. The van der Waals surface area contributed by atoms with Gasteiger partial charge in [-0.2, -0.15) is 0 Å². The second-order valence-electron chi connectivity index (χ2n) is 2.71. The predicted octanol–water partition coefficient (Wildman–Crippen LogP) is -0.695. The van der Waals surface area contributed by atoms with Gasteiger partial charge in [-0.05, 0) is 12.1 Å². The number of ether oxygens (including phenoxy) is 1. The lowest BCUT2D eigenvalue weighted by molar-refractivity contribution is -0.117. The monoisotopic (exact) mass is 209 g/mol. The molecule has 6 heteroatoms. The molecule has 3 N–H and O–H groups in total. The fourth-order valence-corrected chi connectivity index (χ4v) is 0.989. The summed E-state index contributed by atoms with van der Waals surface area (Å²) in [5.74, 6) is -0.843. The Labute approximate surface area is 86.4 Å². The topological polar surface area (TPSA) is 94.3 Å². The highest BCUT2D eigenvalue weighted by atomic mass is 16.5. The molecule has 0 aliphatic heterocycles. The summed E-state index contributed by atoms with van der Waals surface area (Å²) in [5, 5.41) is 2.34. The van der Waals surface area contributed by atoms with Crippen LogP contribution in [-0.2, 0) is 4.79 Å². The zero-order chi connectivity index (χ0) is 11.3. The van der Waals surface area contributed by atoms with Gasteiger partial charge in [-0.1, -0.05) is 0 Å². The van der Waals surface area contributed by atoms with Crippen molar-refractivity contribution in [2.75, 3.05) is 13.7 Å². The van der Waals surface area contributed by atoms with Gasteiger partial charge in [0.15, 0.2) is 0 Å². The number of carbonyl (C=O) groups is 2. The Balaban J connectivity index is 2.77. The lowest BCUT2D eigenvalue weighted by atomic mass is 10.2. The number of amides is 2. The molecule has 2 amide bonds. The van der Waals surface area contributed by atoms with E-state index < -0.39 is 11.8 Å². The molecular formula is C9H11N3O3. The number of rotatable bonds is 4. The van der Waals surface area contributed by atoms with Gasteiger partial charge in [0.2, 0.25) is 11.8 Å². The van der Waals surface area contributed by atoms with Crippen molar-refractivity contribution in [2.45, 2.75) is 0 Å². The number of hydrogen-bond donors (Lipinski definition) is 2. The molecule has 1 rings (SSSR count). The van der Waals surface area contributed by atoms with E-state index in [2.05, 4.69) is 10.3 Å². The maximum absolute atomic E-state index is 11.5. The standard InChI is InChI=1S/C9H11N3O3/c1-15-9-6(3-2-4-11-9)8(14)12-5-7(10)13/h2-4H,5H2,1H3,(H2,10,13)(H,12,14). The number of nitrogens with one attached hydrogen (secondary N) is 1. The Bertz CT molecular complexity index is 379. The van der Waals surface area contributed by atoms with Crippen LogP contribution in [0.2, 0.25) is 0 Å². The first kappa shape index (κ1) is 11.0. The van der Waals surface area contributed by atoms with Crippen LogP contribution in [0.4, 0.5) is 0 Å². The molecular weight excluding hydrogens is 198 g/mol. The Hall–Kier alpha value is -2.11. The third-order valence-electron chi connectivity index (χ3n) is 1.63. The van der Waals surface area contributed by atoms with Gasteiger partial charge in [0.05, 0.1) is 13.7 Å². The summed E-state index contributed by atoms with van der Waals surface area (Å²) in [4.78, 5) is 25.8. The molecule has 15 heavy (non-hydrogen) atoms. The number of nitrogens with two attached hydrogens (primary N) is 1. The van der Waals surface area contributed by atoms with E-state index in [0.29, 0.717) is 0 Å². The third kappa shape index (κ3) is 2.94. The minimum atomic E-state index is -0.605. The Morgan fingerprint density at radius 2 is 2.33 bits per heavy atom. The summed E-state index contributed by atoms with van der Waals surface area (Å²) in [6, 6.07) is 3.14. The average molecular weight is 209 g/mol. The minimum absolute atomic E-state index is 0.208. The Kier molecular flexibility index (Phi) is 3.61. The third-order valence-corrected chi connectivity index (χ3v) is 1.63. The number of aromatic nitrogens is 1. The molecule has 0 spiro atoms. The van der Waals surface area contributed by atoms with Crippen LogP contribution in [0.1, 0.15) is 10.4 Å². The maximum Gasteiger partial charge on any atom is 0.257 e. The van der Waals surface area contributed by atoms with Crippen molar-refractivity contribution in [1.82, 2.24) is 10.3 Å². The molecule has 0 saturated carbocycles. The highest BCUT2D eigenvalue weighted by molar-refractivity contribution is 5.98. The predicted molar refractivity (Wildman–Crippen MR) is 52.3 cm³/mol. The zero-order valence-electron chi connectivity index (χ0n) is 8.19. The molecule has 0 aliphatic rings. The molecule has 0 bridgehead atoms. The molecule has 0 unspecified atom stereocenters. The van der Waals surface area contributed by atoms with Crippen molar-refractivity contribution in [2.24, 2.45) is 5.73 Å². The number of methoxy groups -OCH3 is 1. The van der Waals surface area contributed by atoms with Gasteiger partial charge in [-0.25, -0.2) is 4.98 Å². The Morgan fingerprint density at radius 3 is 2.93 bits per heavy atom. The average Bonchev–Trinajstić information content (AvgIpc) is 2.25. The van der Waals surface area contributed by atoms with Crippen LogP contribution in [0.3, 0.4) is 0 Å². The van der Waals surface area contributed by atoms with E-state index in [9.17, 15) is 9.59 Å². The number of nitrogens with zero attached hydrogens (tertiary/aromatic N) is 1. The molecule has 0 radical (unpaired) electrons. The van der Waals surface area contributed by atoms with Gasteiger partial charge in [-0.15, -0.1) is 0 Å². The minimum Gasteiger partial charge on any atom is -0.480 e. The Morgan fingerprint density at radius 1 is 1.60 bits per heavy atom. The maximum atomic E-state index is 11.5. The van der Waals surface area contributed by atoms with E-state index in [1.54, 1.807) is 12.1 Å². The van der Waals surface area contributed by atoms with E-state index in [1.807, 2.05) is 0 Å². The van der Waals surface area contributed by atoms with Crippen LogP contribution in [0.15, 0.2) is 18.3 Å². The zero-order valence-corrected chi connectivity index (χ0v) is 8.19. The summed E-state index contributed by atoms with van der Waals surface area (Å²) in [7, 11) is 1.41. The first-order valence-electron chi connectivity index (χ1n) is 4.20. The molecule has 0 fully saturated rings. The van der Waals surface area contributed by atoms with Crippen molar-refractivity contribution >= 4 is 11.8 Å². The van der Waals surface area contributed by atoms with E-state index in [0.717, 1.165) is 0 Å². The highest BCUT2D eigenvalue weighted by Gasteiger charge is 2.12. The van der Waals surface area contributed by atoms with E-state index in [1.165, 1.54) is 13.3 Å². The van der Waals surface area contributed by atoms with E-state index in [-0.39, 0.29) is 18.0 Å². The molecule has 80 valence electrons. The molecule has 6 nitrogen and oxygen atoms in total. The smallest absolute Gasteiger partial charge is 0.257 e. The summed E-state index contributed by atoms with van der Waals surface area (Å²) in [5.41, 5.74) is 5.15. The van der Waals surface area contributed by atoms with E-state index in [4.69, 9.17) is 10.5 Å². The van der Waals surface area contributed by atoms with Gasteiger partial charge >= 0.3 is 0 Å². The van der Waals surface area contributed by atoms with Gasteiger partial charge in [-0.3, -0.25) is 9.59 Å². The van der Waals surface area contributed by atoms with Crippen LogP contribution < -0.4 is 15.8 Å². The molecule has 0 atom stereocenters. The van der Waals surface area contributed by atoms with Crippen LogP contribution in [-0.4, -0.2) is 30.5 Å². The number of hydrogen-bond acceptors (Lipinski definition) is 4. The fraction of sp³-hybridized carbons (Fsp3) is 0.222. The summed E-state index contributed by atoms with van der Waals surface area (Å²) < 4.78 is 4.89. The molecule has 1 heterocycles. The van der Waals surface area contributed by atoms with Crippen LogP contribution in [0.5, 0.6) is 5.88 Å². The van der Waals surface area contributed by atoms with Crippen molar-refractivity contribution in [3.63, 3.8) is 0 Å². The number of carbonyl (C=O) groups excluding carboxylic acids is 2. The molecule has 1 aromatic rings. The van der Waals surface area contributed by atoms with Gasteiger partial charge in [0, 0.05) is 6.20 Å². The van der Waals surface area contributed by atoms with Gasteiger partial charge in [0.1, 0.15) is 5.56 Å². The SMILES string of the molecule is COc1ncccc1C(=O)NCC(N)=O. The van der Waals surface area contributed by atoms with Crippen LogP contribution in [0, 0.1) is 0 Å². The number of primary amides is 1. The first-order valence-corrected chi connectivity index (χ1v) is 4.20. The normalized spacial score (nSPS) is 9.40. The summed E-state index contributed by atoms with van der Waals surface area (Å²) >= 11 is 0. The summed E-state index contributed by atoms with van der Waals surface area (Å²) in [6.45, 7) is -0.211. The van der Waals surface area contributed by atoms with Crippen molar-refractivity contribution in [3.05, 3.63) is 23.9 Å². The van der Waals surface area contributed by atoms with Crippen molar-refractivity contribution in [3.8, 4) is 5.88 Å². The molecule has 0 aromatic carbocycles. The van der Waals surface area contributed by atoms with Crippen LogP contribution in [0.25, 0.3) is 0 Å². The molecule has 1 aromatic heterocycles. The fourth-order valence-electron chi connectivity index (χ4n) is 0.989. The largest absolute Gasteiger partial charge is 0.480 e. The molecule has 0 saturated heterocycles. The lowest BCUT2D eigenvalue weighted by Gasteiger charge is -2.06. The number of pyridine rings is 1. The quantitative estimate of drug-likeness (QED) is 0.685. The summed E-state index contributed by atoms with van der Waals surface area (Å²) in [6.07, 6.45) is 1.50. The molecule has 0 aliphatic carbocycles. The van der Waals surface area contributed by atoms with E-state index >= 15 is 0 Å². The first-order chi connectivity index (χ1) is 7.15. The van der Waals surface area contributed by atoms with Crippen molar-refractivity contribution in [1.29, 1.82) is 0 Å².